The van der Waals surface area contributed by atoms with E-state index in [9.17, 15) is 4.79 Å². The number of fused-ring (bicyclic) bond motifs is 1. The molecule has 8 nitrogen and oxygen atoms in total. The number of hydrogen-bond donors (Lipinski definition) is 0. The van der Waals surface area contributed by atoms with Gasteiger partial charge in [0.15, 0.2) is 11.5 Å². The first kappa shape index (κ1) is 15.5. The molecule has 3 aromatic rings. The standard InChI is InChI=1S/C18H19N5O3/c1-25-12-8-14(17-21-20-15-9-19-5-6-22(15)17)23(10-12)18(24)13-4-7-26-16(13)11-2-3-11/h4-7,9,11-12,14H,2-3,8,10H2,1H3/t12-,14+/m1/s1. The Morgan fingerprint density at radius 3 is 3.04 bits per heavy atom. The molecule has 8 heteroatoms. The fourth-order valence-corrected chi connectivity index (χ4v) is 3.75. The summed E-state index contributed by atoms with van der Waals surface area (Å²) in [5.41, 5.74) is 1.32. The van der Waals surface area contributed by atoms with Crippen molar-refractivity contribution in [1.29, 1.82) is 0 Å². The van der Waals surface area contributed by atoms with Gasteiger partial charge in [0.2, 0.25) is 0 Å². The molecule has 26 heavy (non-hydrogen) atoms. The zero-order valence-electron chi connectivity index (χ0n) is 14.4. The second-order valence-corrected chi connectivity index (χ2v) is 6.90. The lowest BCUT2D eigenvalue weighted by Gasteiger charge is -2.23. The molecule has 3 aromatic heterocycles. The second-order valence-electron chi connectivity index (χ2n) is 6.90. The van der Waals surface area contributed by atoms with E-state index < -0.39 is 0 Å². The number of methoxy groups -OCH3 is 1. The van der Waals surface area contributed by atoms with Crippen LogP contribution in [0.3, 0.4) is 0 Å². The Bertz CT molecular complexity index is 961. The molecule has 1 saturated heterocycles. The lowest BCUT2D eigenvalue weighted by Crippen LogP contribution is -2.33. The molecule has 1 aliphatic carbocycles. The minimum absolute atomic E-state index is 0.0315. The largest absolute Gasteiger partial charge is 0.468 e. The highest BCUT2D eigenvalue weighted by Gasteiger charge is 2.41. The molecule has 0 radical (unpaired) electrons. The van der Waals surface area contributed by atoms with Crippen LogP contribution >= 0.6 is 0 Å². The molecule has 2 atom stereocenters. The Labute approximate surface area is 149 Å². The molecular formula is C18H19N5O3. The van der Waals surface area contributed by atoms with Gasteiger partial charge in [-0.15, -0.1) is 10.2 Å². The lowest BCUT2D eigenvalue weighted by molar-refractivity contribution is 0.0681. The predicted molar refractivity (Wildman–Crippen MR) is 90.7 cm³/mol. The molecule has 0 bridgehead atoms. The van der Waals surface area contributed by atoms with E-state index in [2.05, 4.69) is 15.2 Å². The van der Waals surface area contributed by atoms with E-state index in [0.29, 0.717) is 30.1 Å². The molecule has 0 aromatic carbocycles. The van der Waals surface area contributed by atoms with Gasteiger partial charge in [0.05, 0.1) is 30.2 Å². The van der Waals surface area contributed by atoms with E-state index >= 15 is 0 Å². The van der Waals surface area contributed by atoms with Crippen molar-refractivity contribution in [1.82, 2.24) is 24.5 Å². The summed E-state index contributed by atoms with van der Waals surface area (Å²) in [5, 5.41) is 8.51. The van der Waals surface area contributed by atoms with Gasteiger partial charge in [-0.2, -0.15) is 0 Å². The Morgan fingerprint density at radius 2 is 2.23 bits per heavy atom. The minimum atomic E-state index is -0.202. The highest BCUT2D eigenvalue weighted by Crippen LogP contribution is 2.43. The van der Waals surface area contributed by atoms with Gasteiger partial charge in [0.1, 0.15) is 5.76 Å². The average Bonchev–Trinajstić information content (AvgIpc) is 3.11. The predicted octanol–water partition coefficient (Wildman–Crippen LogP) is 2.20. The monoisotopic (exact) mass is 353 g/mol. The summed E-state index contributed by atoms with van der Waals surface area (Å²) in [4.78, 5) is 19.2. The van der Waals surface area contributed by atoms with Crippen LogP contribution in [0, 0.1) is 0 Å². The number of hydrogen-bond acceptors (Lipinski definition) is 6. The van der Waals surface area contributed by atoms with Crippen molar-refractivity contribution in [3.63, 3.8) is 0 Å². The van der Waals surface area contributed by atoms with Crippen molar-refractivity contribution in [3.8, 4) is 0 Å². The van der Waals surface area contributed by atoms with E-state index in [1.807, 2.05) is 15.5 Å². The van der Waals surface area contributed by atoms with Crippen molar-refractivity contribution in [2.24, 2.45) is 0 Å². The molecule has 0 N–H and O–H groups in total. The van der Waals surface area contributed by atoms with E-state index in [4.69, 9.17) is 9.15 Å². The van der Waals surface area contributed by atoms with Crippen LogP contribution < -0.4 is 0 Å². The topological polar surface area (TPSA) is 85.8 Å². The van der Waals surface area contributed by atoms with Crippen molar-refractivity contribution in [2.75, 3.05) is 13.7 Å². The fraction of sp³-hybridized carbons (Fsp3) is 0.444. The summed E-state index contributed by atoms with van der Waals surface area (Å²) in [7, 11) is 1.68. The molecule has 4 heterocycles. The minimum Gasteiger partial charge on any atom is -0.468 e. The molecule has 2 aliphatic rings. The Balaban J connectivity index is 1.53. The quantitative estimate of drug-likeness (QED) is 0.715. The Hall–Kier alpha value is -2.74. The van der Waals surface area contributed by atoms with Gasteiger partial charge in [0.25, 0.3) is 5.91 Å². The highest BCUT2D eigenvalue weighted by molar-refractivity contribution is 5.96. The van der Waals surface area contributed by atoms with Crippen LogP contribution in [-0.4, -0.2) is 50.1 Å². The molecule has 0 spiro atoms. The number of likely N-dealkylation sites (tertiary alicyclic amines) is 1. The van der Waals surface area contributed by atoms with Crippen molar-refractivity contribution in [2.45, 2.75) is 37.3 Å². The van der Waals surface area contributed by atoms with Crippen molar-refractivity contribution < 1.29 is 13.9 Å². The van der Waals surface area contributed by atoms with Crippen LogP contribution in [0.25, 0.3) is 5.65 Å². The smallest absolute Gasteiger partial charge is 0.258 e. The molecule has 0 unspecified atom stereocenters. The van der Waals surface area contributed by atoms with Gasteiger partial charge in [-0.1, -0.05) is 0 Å². The molecule has 134 valence electrons. The molecule has 5 rings (SSSR count). The number of ether oxygens (including phenoxy) is 1. The van der Waals surface area contributed by atoms with Gasteiger partial charge >= 0.3 is 0 Å². The molecule has 2 fully saturated rings. The third-order valence-corrected chi connectivity index (χ3v) is 5.27. The molecule has 1 saturated carbocycles. The van der Waals surface area contributed by atoms with Gasteiger partial charge in [0, 0.05) is 38.4 Å². The third kappa shape index (κ3) is 2.40. The Kier molecular flexibility index (Phi) is 3.53. The number of carbonyl (C=O) groups is 1. The van der Waals surface area contributed by atoms with Gasteiger partial charge in [-0.3, -0.25) is 14.2 Å². The normalized spacial score (nSPS) is 23.0. The molecular weight excluding hydrogens is 334 g/mol. The SMILES string of the molecule is CO[C@@H]1C[C@@H](c2nnc3cnccn23)N(C(=O)c2ccoc2C2CC2)C1. The summed E-state index contributed by atoms with van der Waals surface area (Å²) in [6.07, 6.45) is 9.60. The maximum atomic E-state index is 13.3. The Morgan fingerprint density at radius 1 is 1.35 bits per heavy atom. The number of rotatable bonds is 4. The van der Waals surface area contributed by atoms with E-state index in [0.717, 1.165) is 24.4 Å². The summed E-state index contributed by atoms with van der Waals surface area (Å²) >= 11 is 0. The fourth-order valence-electron chi connectivity index (χ4n) is 3.75. The second kappa shape index (κ2) is 5.91. The summed E-state index contributed by atoms with van der Waals surface area (Å²) in [6.45, 7) is 0.523. The summed E-state index contributed by atoms with van der Waals surface area (Å²) in [5.74, 6) is 1.89. The first-order valence-corrected chi connectivity index (χ1v) is 8.82. The van der Waals surface area contributed by atoms with E-state index in [1.54, 1.807) is 31.8 Å². The van der Waals surface area contributed by atoms with Crippen LogP contribution in [0.1, 0.15) is 53.2 Å². The number of aromatic nitrogens is 4. The zero-order valence-corrected chi connectivity index (χ0v) is 14.4. The first-order valence-electron chi connectivity index (χ1n) is 8.82. The van der Waals surface area contributed by atoms with Crippen LogP contribution in [0.4, 0.5) is 0 Å². The van der Waals surface area contributed by atoms with Crippen molar-refractivity contribution in [3.05, 3.63) is 48.1 Å². The zero-order chi connectivity index (χ0) is 17.7. The van der Waals surface area contributed by atoms with Crippen LogP contribution in [0.15, 0.2) is 35.3 Å². The van der Waals surface area contributed by atoms with Crippen LogP contribution in [0.2, 0.25) is 0 Å². The van der Waals surface area contributed by atoms with Gasteiger partial charge < -0.3 is 14.1 Å². The molecule has 1 amide bonds. The maximum absolute atomic E-state index is 13.3. The maximum Gasteiger partial charge on any atom is 0.258 e. The number of nitrogens with zero attached hydrogens (tertiary/aromatic N) is 5. The van der Waals surface area contributed by atoms with E-state index in [-0.39, 0.29) is 18.1 Å². The average molecular weight is 353 g/mol. The first-order chi connectivity index (χ1) is 12.8. The van der Waals surface area contributed by atoms with Gasteiger partial charge in [-0.25, -0.2) is 0 Å². The summed E-state index contributed by atoms with van der Waals surface area (Å²) < 4.78 is 13.0. The number of amides is 1. The van der Waals surface area contributed by atoms with Gasteiger partial charge in [-0.05, 0) is 18.9 Å². The number of carbonyl (C=O) groups excluding carboxylic acids is 1. The summed E-state index contributed by atoms with van der Waals surface area (Å²) in [6, 6.07) is 1.57. The third-order valence-electron chi connectivity index (χ3n) is 5.27. The van der Waals surface area contributed by atoms with E-state index in [1.165, 1.54) is 0 Å². The lowest BCUT2D eigenvalue weighted by atomic mass is 10.1. The number of furan rings is 1. The molecule has 1 aliphatic heterocycles. The van der Waals surface area contributed by atoms with Crippen LogP contribution in [-0.2, 0) is 4.74 Å². The highest BCUT2D eigenvalue weighted by atomic mass is 16.5. The van der Waals surface area contributed by atoms with Crippen LogP contribution in [0.5, 0.6) is 0 Å². The van der Waals surface area contributed by atoms with Crippen molar-refractivity contribution >= 4 is 11.6 Å².